The van der Waals surface area contributed by atoms with Crippen molar-refractivity contribution in [3.8, 4) is 17.2 Å². The topological polar surface area (TPSA) is 56.1 Å². The summed E-state index contributed by atoms with van der Waals surface area (Å²) in [4.78, 5) is 20.7. The Labute approximate surface area is 188 Å². The minimum absolute atomic E-state index is 0.0392. The summed E-state index contributed by atoms with van der Waals surface area (Å²) in [5, 5.41) is 0. The van der Waals surface area contributed by atoms with Gasteiger partial charge in [0, 0.05) is 29.2 Å². The summed E-state index contributed by atoms with van der Waals surface area (Å²) >= 11 is 1.33. The lowest BCUT2D eigenvalue weighted by Crippen LogP contribution is -2.44. The van der Waals surface area contributed by atoms with Crippen LogP contribution in [0.15, 0.2) is 59.7 Å². The minimum Gasteiger partial charge on any atom is -0.395 e. The molecule has 0 unspecified atom stereocenters. The van der Waals surface area contributed by atoms with Crippen LogP contribution in [-0.4, -0.2) is 27.3 Å². The molecule has 6 nitrogen and oxygen atoms in total. The van der Waals surface area contributed by atoms with Crippen LogP contribution in [-0.2, 0) is 6.54 Å². The van der Waals surface area contributed by atoms with Gasteiger partial charge in [0.25, 0.3) is 0 Å². The van der Waals surface area contributed by atoms with Crippen molar-refractivity contribution in [3.63, 3.8) is 0 Å². The van der Waals surface area contributed by atoms with E-state index in [2.05, 4.69) is 14.5 Å². The van der Waals surface area contributed by atoms with Crippen LogP contribution in [0.2, 0.25) is 0 Å². The van der Waals surface area contributed by atoms with Crippen LogP contribution in [0.5, 0.6) is 11.5 Å². The van der Waals surface area contributed by atoms with E-state index in [9.17, 15) is 13.6 Å². The van der Waals surface area contributed by atoms with E-state index in [1.807, 2.05) is 58.0 Å². The Hall–Kier alpha value is -3.20. The lowest BCUT2D eigenvalue weighted by Gasteiger charge is -2.34. The third-order valence-electron chi connectivity index (χ3n) is 4.85. The molecule has 168 valence electrons. The van der Waals surface area contributed by atoms with E-state index < -0.39 is 11.8 Å². The minimum atomic E-state index is -3.69. The highest BCUT2D eigenvalue weighted by molar-refractivity contribution is 7.09. The van der Waals surface area contributed by atoms with Gasteiger partial charge in [-0.25, -0.2) is 4.79 Å². The van der Waals surface area contributed by atoms with Gasteiger partial charge < -0.3 is 14.4 Å². The molecule has 0 radical (unpaired) electrons. The van der Waals surface area contributed by atoms with Gasteiger partial charge in [-0.05, 0) is 45.4 Å². The van der Waals surface area contributed by atoms with Crippen molar-refractivity contribution in [1.82, 2.24) is 9.47 Å². The van der Waals surface area contributed by atoms with Crippen molar-refractivity contribution in [2.45, 2.75) is 46.1 Å². The molecule has 0 saturated carbocycles. The van der Waals surface area contributed by atoms with E-state index in [4.69, 9.17) is 0 Å². The van der Waals surface area contributed by atoms with Gasteiger partial charge in [0.15, 0.2) is 16.3 Å². The molecule has 2 amide bonds. The van der Waals surface area contributed by atoms with Gasteiger partial charge >= 0.3 is 12.3 Å². The van der Waals surface area contributed by atoms with Crippen LogP contribution in [0, 0.1) is 6.92 Å². The number of halogens is 2. The monoisotopic (exact) mass is 459 g/mol. The molecule has 0 bridgehead atoms. The fourth-order valence-corrected chi connectivity index (χ4v) is 4.13. The van der Waals surface area contributed by atoms with Gasteiger partial charge in [-0.1, -0.05) is 30.3 Å². The maximum atomic E-state index is 13.4. The Morgan fingerprint density at radius 3 is 2.50 bits per heavy atom. The Kier molecular flexibility index (Phi) is 5.54. The molecule has 2 heterocycles. The summed E-state index contributed by atoms with van der Waals surface area (Å²) < 4.78 is 37.5. The molecule has 9 heteroatoms. The second kappa shape index (κ2) is 8.05. The third kappa shape index (κ3) is 4.67. The number of aryl methyl sites for hydroxylation is 1. The van der Waals surface area contributed by atoms with Crippen LogP contribution in [0.3, 0.4) is 0 Å². The highest BCUT2D eigenvalue weighted by atomic mass is 32.1. The number of benzene rings is 2. The van der Waals surface area contributed by atoms with Crippen molar-refractivity contribution < 1.29 is 23.0 Å². The number of alkyl halides is 2. The molecule has 0 spiro atoms. The first-order valence-corrected chi connectivity index (χ1v) is 10.8. The van der Waals surface area contributed by atoms with Gasteiger partial charge in [0.2, 0.25) is 0 Å². The van der Waals surface area contributed by atoms with Crippen molar-refractivity contribution >= 4 is 17.4 Å². The molecular formula is C23H23F2N3O3S. The maximum Gasteiger partial charge on any atom is 0.586 e. The summed E-state index contributed by atoms with van der Waals surface area (Å²) in [5.41, 5.74) is 1.07. The summed E-state index contributed by atoms with van der Waals surface area (Å²) in [6.45, 7) is 8.16. The van der Waals surface area contributed by atoms with Crippen LogP contribution >= 0.6 is 11.3 Å². The predicted octanol–water partition coefficient (Wildman–Crippen LogP) is 5.49. The summed E-state index contributed by atoms with van der Waals surface area (Å²) in [6.07, 6.45) is -1.89. The first kappa shape index (κ1) is 22.0. The van der Waals surface area contributed by atoms with Crippen LogP contribution < -0.4 is 14.3 Å². The van der Waals surface area contributed by atoms with E-state index >= 15 is 0 Å². The first-order chi connectivity index (χ1) is 15.0. The number of thiazole rings is 1. The lowest BCUT2D eigenvalue weighted by molar-refractivity contribution is -0.286. The second-order valence-corrected chi connectivity index (χ2v) is 9.64. The molecule has 32 heavy (non-hydrogen) atoms. The average molecular weight is 460 g/mol. The van der Waals surface area contributed by atoms with Crippen LogP contribution in [0.1, 0.15) is 31.2 Å². The molecule has 1 aliphatic heterocycles. The quantitative estimate of drug-likeness (QED) is 0.520. The third-order valence-corrected chi connectivity index (χ3v) is 5.75. The number of amides is 2. The van der Waals surface area contributed by atoms with E-state index in [1.165, 1.54) is 23.5 Å². The number of hydrogen-bond acceptors (Lipinski definition) is 4. The number of hydrogen-bond donors (Lipinski definition) is 0. The Morgan fingerprint density at radius 1 is 1.12 bits per heavy atom. The number of urea groups is 1. The summed E-state index contributed by atoms with van der Waals surface area (Å²) in [5.74, 6) is -0.107. The van der Waals surface area contributed by atoms with Crippen LogP contribution in [0.25, 0.3) is 5.69 Å². The molecule has 1 aromatic heterocycles. The zero-order chi connectivity index (χ0) is 23.1. The molecule has 0 aliphatic carbocycles. The predicted molar refractivity (Wildman–Crippen MR) is 117 cm³/mol. The number of nitrogens with zero attached hydrogens (tertiary/aromatic N) is 3. The molecule has 4 rings (SSSR count). The second-order valence-electron chi connectivity index (χ2n) is 8.43. The Balaban J connectivity index is 1.70. The molecule has 0 saturated heterocycles. The molecular weight excluding hydrogens is 436 g/mol. The number of rotatable bonds is 3. The zero-order valence-corrected chi connectivity index (χ0v) is 19.0. The van der Waals surface area contributed by atoms with Crippen molar-refractivity contribution in [2.75, 3.05) is 0 Å². The number of aromatic nitrogens is 1. The average Bonchev–Trinajstić information content (AvgIpc) is 3.22. The first-order valence-electron chi connectivity index (χ1n) is 10.0. The molecule has 0 atom stereocenters. The van der Waals surface area contributed by atoms with Crippen LogP contribution in [0.4, 0.5) is 13.6 Å². The van der Waals surface area contributed by atoms with E-state index in [-0.39, 0.29) is 17.5 Å². The molecule has 0 N–H and O–H groups in total. The molecule has 0 fully saturated rings. The number of carbonyl (C=O) groups is 1. The van der Waals surface area contributed by atoms with Gasteiger partial charge in [-0.3, -0.25) is 4.57 Å². The fraction of sp³-hybridized carbons (Fsp3) is 0.304. The van der Waals surface area contributed by atoms with Gasteiger partial charge in [-0.2, -0.15) is 4.99 Å². The Morgan fingerprint density at radius 2 is 1.81 bits per heavy atom. The standard InChI is InChI=1S/C23H23F2N3O3S/c1-15-13-27(17-10-11-18-19(12-17)31-23(24,25)30-18)21(32-15)26-20(29)28(22(2,3)4)14-16-8-6-5-7-9-16/h5-13H,14H2,1-4H3/b26-21-. The van der Waals surface area contributed by atoms with Crippen molar-refractivity contribution in [2.24, 2.45) is 4.99 Å². The fourth-order valence-electron chi connectivity index (χ4n) is 3.31. The van der Waals surface area contributed by atoms with E-state index in [0.717, 1.165) is 10.4 Å². The normalized spacial score (nSPS) is 15.1. The molecule has 3 aromatic rings. The number of fused-ring (bicyclic) bond motifs is 1. The summed E-state index contributed by atoms with van der Waals surface area (Å²) in [6, 6.07) is 13.8. The van der Waals surface area contributed by atoms with E-state index in [0.29, 0.717) is 17.0 Å². The molecule has 1 aliphatic rings. The highest BCUT2D eigenvalue weighted by Gasteiger charge is 2.43. The molecule has 2 aromatic carbocycles. The SMILES string of the molecule is Cc1cn(-c2ccc3c(c2)OC(F)(F)O3)/c(=N/C(=O)N(Cc2ccccc2)C(C)(C)C)s1. The van der Waals surface area contributed by atoms with Gasteiger partial charge in [0.1, 0.15) is 0 Å². The lowest BCUT2D eigenvalue weighted by atomic mass is 10.1. The maximum absolute atomic E-state index is 13.4. The zero-order valence-electron chi connectivity index (χ0n) is 18.1. The summed E-state index contributed by atoms with van der Waals surface area (Å²) in [7, 11) is 0. The van der Waals surface area contributed by atoms with Gasteiger partial charge in [-0.15, -0.1) is 20.1 Å². The van der Waals surface area contributed by atoms with Crippen molar-refractivity contribution in [3.05, 3.63) is 70.0 Å². The van der Waals surface area contributed by atoms with Gasteiger partial charge in [0.05, 0.1) is 5.69 Å². The largest absolute Gasteiger partial charge is 0.586 e. The van der Waals surface area contributed by atoms with Crippen molar-refractivity contribution in [1.29, 1.82) is 0 Å². The number of ether oxygens (including phenoxy) is 2. The highest BCUT2D eigenvalue weighted by Crippen LogP contribution is 2.41. The smallest absolute Gasteiger partial charge is 0.395 e. The van der Waals surface area contributed by atoms with E-state index in [1.54, 1.807) is 21.7 Å². The Bertz CT molecular complexity index is 1210. The number of carbonyl (C=O) groups excluding carboxylic acids is 1.